The summed E-state index contributed by atoms with van der Waals surface area (Å²) in [6, 6.07) is 9.06. The second-order valence-electron chi connectivity index (χ2n) is 5.02. The van der Waals surface area contributed by atoms with E-state index in [2.05, 4.69) is 33.1 Å². The van der Waals surface area contributed by atoms with Gasteiger partial charge in [0.1, 0.15) is 5.69 Å². The molecule has 24 heavy (non-hydrogen) atoms. The molecule has 0 saturated heterocycles. The van der Waals surface area contributed by atoms with E-state index in [9.17, 15) is 5.11 Å². The topological polar surface area (TPSA) is 94.2 Å². The maximum atomic E-state index is 10.4. The van der Waals surface area contributed by atoms with Gasteiger partial charge in [0.15, 0.2) is 5.75 Å². The number of aliphatic hydroxyl groups is 1. The van der Waals surface area contributed by atoms with Gasteiger partial charge in [-0.2, -0.15) is 0 Å². The first kappa shape index (κ1) is 16.6. The van der Waals surface area contributed by atoms with Crippen LogP contribution in [0.25, 0.3) is 10.8 Å². The molecule has 1 heterocycles. The third-order valence-electron chi connectivity index (χ3n) is 3.38. The molecule has 3 rings (SSSR count). The summed E-state index contributed by atoms with van der Waals surface area (Å²) in [7, 11) is 1.81. The summed E-state index contributed by atoms with van der Waals surface area (Å²) in [4.78, 5) is 2.48. The minimum Gasteiger partial charge on any atom is -0.505 e. The number of benzene rings is 2. The van der Waals surface area contributed by atoms with E-state index < -0.39 is 0 Å². The first-order chi connectivity index (χ1) is 11.6. The van der Waals surface area contributed by atoms with E-state index in [1.54, 1.807) is 24.1 Å². The molecule has 7 nitrogen and oxygen atoms in total. The Morgan fingerprint density at radius 1 is 1.21 bits per heavy atom. The summed E-state index contributed by atoms with van der Waals surface area (Å²) in [5.74, 6) is 0.0503. The maximum absolute atomic E-state index is 10.4. The van der Waals surface area contributed by atoms with E-state index in [-0.39, 0.29) is 12.4 Å². The molecule has 124 valence electrons. The molecule has 0 radical (unpaired) electrons. The highest BCUT2D eigenvalue weighted by molar-refractivity contribution is 7.80. The Labute approximate surface area is 147 Å². The summed E-state index contributed by atoms with van der Waals surface area (Å²) in [5, 5.41) is 37.8. The highest BCUT2D eigenvalue weighted by Gasteiger charge is 2.11. The number of anilines is 1. The lowest BCUT2D eigenvalue weighted by Gasteiger charge is -2.11. The Morgan fingerprint density at radius 2 is 1.96 bits per heavy atom. The summed E-state index contributed by atoms with van der Waals surface area (Å²) in [6.45, 7) is 0.489. The van der Waals surface area contributed by atoms with E-state index >= 15 is 0 Å². The lowest BCUT2D eigenvalue weighted by atomic mass is 10.1. The fraction of sp³-hybridized carbons (Fsp3) is 0.200. The van der Waals surface area contributed by atoms with Crippen LogP contribution in [0.2, 0.25) is 0 Å². The van der Waals surface area contributed by atoms with E-state index in [0.717, 1.165) is 5.39 Å². The van der Waals surface area contributed by atoms with Crippen molar-refractivity contribution in [3.8, 4) is 5.75 Å². The lowest BCUT2D eigenvalue weighted by molar-refractivity contribution is 0.304. The number of aromatic hydroxyl groups is 1. The van der Waals surface area contributed by atoms with Gasteiger partial charge in [-0.05, 0) is 11.5 Å². The van der Waals surface area contributed by atoms with Crippen molar-refractivity contribution in [2.75, 3.05) is 25.1 Å². The molecule has 0 atom stereocenters. The average molecular weight is 361 g/mol. The molecule has 0 aliphatic carbocycles. The SMILES string of the molecule is CN(CCO)c1nnc(N=Nc2cc(S)c3ccccc3c2O)s1. The first-order valence-electron chi connectivity index (χ1n) is 7.11. The van der Waals surface area contributed by atoms with Gasteiger partial charge in [-0.25, -0.2) is 0 Å². The monoisotopic (exact) mass is 361 g/mol. The standard InChI is InChI=1S/C15H15N5O2S2/c1-20(6-7-21)15-19-18-14(24-15)17-16-11-8-12(23)9-4-2-3-5-10(9)13(11)22/h2-5,8,21-23H,6-7H2,1H3. The van der Waals surface area contributed by atoms with Crippen molar-refractivity contribution >= 4 is 50.7 Å². The molecule has 2 aromatic carbocycles. The number of aliphatic hydroxyl groups excluding tert-OH is 1. The largest absolute Gasteiger partial charge is 0.505 e. The highest BCUT2D eigenvalue weighted by Crippen LogP contribution is 2.39. The van der Waals surface area contributed by atoms with Crippen LogP contribution in [0, 0.1) is 0 Å². The number of thiol groups is 1. The van der Waals surface area contributed by atoms with Crippen molar-refractivity contribution in [3.05, 3.63) is 30.3 Å². The van der Waals surface area contributed by atoms with Crippen LogP contribution in [-0.4, -0.2) is 40.6 Å². The Balaban J connectivity index is 1.90. The molecule has 0 amide bonds. The second kappa shape index (κ2) is 7.12. The van der Waals surface area contributed by atoms with Crippen LogP contribution in [0.15, 0.2) is 45.5 Å². The Bertz CT molecular complexity index is 897. The number of likely N-dealkylation sites (N-methyl/N-ethyl adjacent to an activating group) is 1. The number of fused-ring (bicyclic) bond motifs is 1. The smallest absolute Gasteiger partial charge is 0.253 e. The molecule has 0 unspecified atom stereocenters. The third kappa shape index (κ3) is 3.32. The van der Waals surface area contributed by atoms with Crippen LogP contribution in [0.1, 0.15) is 0 Å². The lowest BCUT2D eigenvalue weighted by Crippen LogP contribution is -2.20. The Kier molecular flexibility index (Phi) is 4.93. The molecule has 1 aromatic heterocycles. The third-order valence-corrected chi connectivity index (χ3v) is 4.67. The van der Waals surface area contributed by atoms with E-state index in [1.807, 2.05) is 18.2 Å². The van der Waals surface area contributed by atoms with Crippen molar-refractivity contribution in [2.45, 2.75) is 4.90 Å². The van der Waals surface area contributed by atoms with Gasteiger partial charge in [0, 0.05) is 23.9 Å². The number of hydrogen-bond acceptors (Lipinski definition) is 9. The van der Waals surface area contributed by atoms with Gasteiger partial charge >= 0.3 is 0 Å². The van der Waals surface area contributed by atoms with Crippen LogP contribution in [0.4, 0.5) is 16.0 Å². The fourth-order valence-corrected chi connectivity index (χ4v) is 3.12. The van der Waals surface area contributed by atoms with Crippen molar-refractivity contribution < 1.29 is 10.2 Å². The van der Waals surface area contributed by atoms with Crippen molar-refractivity contribution in [1.82, 2.24) is 10.2 Å². The zero-order valence-electron chi connectivity index (χ0n) is 12.8. The Hall–Kier alpha value is -2.23. The van der Waals surface area contributed by atoms with Crippen molar-refractivity contribution in [1.29, 1.82) is 0 Å². The highest BCUT2D eigenvalue weighted by atomic mass is 32.1. The summed E-state index contributed by atoms with van der Waals surface area (Å²) < 4.78 is 0. The number of hydrogen-bond donors (Lipinski definition) is 3. The fourth-order valence-electron chi connectivity index (χ4n) is 2.15. The van der Waals surface area contributed by atoms with Gasteiger partial charge in [-0.3, -0.25) is 0 Å². The molecule has 9 heteroatoms. The molecular weight excluding hydrogens is 346 g/mol. The van der Waals surface area contributed by atoms with Gasteiger partial charge in [0.25, 0.3) is 5.13 Å². The van der Waals surface area contributed by atoms with E-state index in [4.69, 9.17) is 5.11 Å². The molecule has 0 spiro atoms. The zero-order valence-corrected chi connectivity index (χ0v) is 14.5. The molecule has 0 aliphatic rings. The summed E-state index contributed by atoms with van der Waals surface area (Å²) in [6.07, 6.45) is 0. The van der Waals surface area contributed by atoms with Gasteiger partial charge in [-0.1, -0.05) is 35.6 Å². The number of aromatic nitrogens is 2. The van der Waals surface area contributed by atoms with Crippen LogP contribution in [0.3, 0.4) is 0 Å². The van der Waals surface area contributed by atoms with Gasteiger partial charge in [0.05, 0.1) is 6.61 Å². The molecular formula is C15H15N5O2S2. The van der Waals surface area contributed by atoms with E-state index in [0.29, 0.717) is 32.8 Å². The number of nitrogens with zero attached hydrogens (tertiary/aromatic N) is 5. The first-order valence-corrected chi connectivity index (χ1v) is 8.37. The van der Waals surface area contributed by atoms with Crippen LogP contribution in [0.5, 0.6) is 5.75 Å². The average Bonchev–Trinajstić information content (AvgIpc) is 3.06. The maximum Gasteiger partial charge on any atom is 0.253 e. The number of azo groups is 1. The number of phenolic OH excluding ortho intramolecular Hbond substituents is 1. The molecule has 0 fully saturated rings. The number of rotatable bonds is 5. The molecule has 0 bridgehead atoms. The quantitative estimate of drug-likeness (QED) is 0.477. The minimum absolute atomic E-state index is 0.0304. The van der Waals surface area contributed by atoms with Crippen LogP contribution < -0.4 is 4.90 Å². The van der Waals surface area contributed by atoms with Gasteiger partial charge in [0.2, 0.25) is 5.13 Å². The normalized spacial score (nSPS) is 11.5. The predicted octanol–water partition coefficient (Wildman–Crippen LogP) is 3.53. The molecule has 0 saturated carbocycles. The van der Waals surface area contributed by atoms with Gasteiger partial charge < -0.3 is 15.1 Å². The van der Waals surface area contributed by atoms with E-state index in [1.165, 1.54) is 11.3 Å². The molecule has 3 aromatic rings. The Morgan fingerprint density at radius 3 is 2.71 bits per heavy atom. The second-order valence-corrected chi connectivity index (χ2v) is 6.44. The minimum atomic E-state index is 0.0304. The van der Waals surface area contributed by atoms with Crippen molar-refractivity contribution in [2.24, 2.45) is 10.2 Å². The molecule has 0 aliphatic heterocycles. The predicted molar refractivity (Wildman–Crippen MR) is 97.3 cm³/mol. The zero-order chi connectivity index (χ0) is 17.1. The van der Waals surface area contributed by atoms with Crippen LogP contribution in [-0.2, 0) is 0 Å². The van der Waals surface area contributed by atoms with Crippen molar-refractivity contribution in [3.63, 3.8) is 0 Å². The summed E-state index contributed by atoms with van der Waals surface area (Å²) >= 11 is 5.68. The van der Waals surface area contributed by atoms with Crippen LogP contribution >= 0.6 is 24.0 Å². The summed E-state index contributed by atoms with van der Waals surface area (Å²) in [5.41, 5.74) is 0.319. The van der Waals surface area contributed by atoms with Gasteiger partial charge in [-0.15, -0.1) is 33.1 Å². The number of phenols is 1. The molecule has 2 N–H and O–H groups in total.